The maximum Gasteiger partial charge on any atom is 0.255 e. The Morgan fingerprint density at radius 2 is 1.68 bits per heavy atom. The number of anilines is 2. The highest BCUT2D eigenvalue weighted by molar-refractivity contribution is 7.92. The molecule has 9 heteroatoms. The van der Waals surface area contributed by atoms with Crippen molar-refractivity contribution in [2.45, 2.75) is 32.4 Å². The molecule has 1 heterocycles. The fourth-order valence-electron chi connectivity index (χ4n) is 4.13. The third kappa shape index (κ3) is 6.96. The Balaban J connectivity index is 1.46. The van der Waals surface area contributed by atoms with Gasteiger partial charge in [0.1, 0.15) is 0 Å². The average Bonchev–Trinajstić information content (AvgIpc) is 3.40. The normalized spacial score (nSPS) is 15.2. The highest BCUT2D eigenvalue weighted by Crippen LogP contribution is 2.23. The summed E-state index contributed by atoms with van der Waals surface area (Å²) in [6, 6.07) is 20.8. The van der Waals surface area contributed by atoms with Crippen molar-refractivity contribution < 1.29 is 22.7 Å². The molecule has 3 aromatic carbocycles. The van der Waals surface area contributed by atoms with Crippen LogP contribution in [0, 0.1) is 6.92 Å². The number of hydrogen-bond donors (Lipinski definition) is 2. The first-order valence-corrected chi connectivity index (χ1v) is 14.0. The van der Waals surface area contributed by atoms with Gasteiger partial charge in [-0.05, 0) is 61.7 Å². The summed E-state index contributed by atoms with van der Waals surface area (Å²) in [6.07, 6.45) is 3.07. The molecular weight excluding hydrogens is 490 g/mol. The molecule has 1 aliphatic heterocycles. The largest absolute Gasteiger partial charge is 0.376 e. The van der Waals surface area contributed by atoms with E-state index in [1.165, 1.54) is 4.31 Å². The summed E-state index contributed by atoms with van der Waals surface area (Å²) in [4.78, 5) is 25.7. The molecular formula is C28H31N3O5S. The van der Waals surface area contributed by atoms with Crippen LogP contribution in [-0.2, 0) is 21.3 Å². The Morgan fingerprint density at radius 1 is 0.973 bits per heavy atom. The van der Waals surface area contributed by atoms with Crippen LogP contribution in [0.4, 0.5) is 11.4 Å². The van der Waals surface area contributed by atoms with E-state index in [9.17, 15) is 18.0 Å². The first kappa shape index (κ1) is 26.4. The lowest BCUT2D eigenvalue weighted by Gasteiger charge is -2.23. The molecule has 4 rings (SSSR count). The Labute approximate surface area is 217 Å². The van der Waals surface area contributed by atoms with E-state index in [4.69, 9.17) is 4.74 Å². The lowest BCUT2D eigenvalue weighted by molar-refractivity contribution is 0.0858. The van der Waals surface area contributed by atoms with Gasteiger partial charge in [0.25, 0.3) is 11.8 Å². The summed E-state index contributed by atoms with van der Waals surface area (Å²) in [5.74, 6) is -0.697. The van der Waals surface area contributed by atoms with E-state index < -0.39 is 15.9 Å². The molecule has 0 bridgehead atoms. The van der Waals surface area contributed by atoms with Crippen molar-refractivity contribution in [1.82, 2.24) is 5.32 Å². The second-order valence-electron chi connectivity index (χ2n) is 9.15. The highest BCUT2D eigenvalue weighted by Gasteiger charge is 2.20. The molecule has 37 heavy (non-hydrogen) atoms. The number of para-hydroxylation sites is 1. The highest BCUT2D eigenvalue weighted by atomic mass is 32.2. The lowest BCUT2D eigenvalue weighted by Crippen LogP contribution is -2.32. The minimum absolute atomic E-state index is 0.0155. The zero-order valence-electron chi connectivity index (χ0n) is 20.9. The summed E-state index contributed by atoms with van der Waals surface area (Å²) in [6.45, 7) is 3.28. The second-order valence-corrected chi connectivity index (χ2v) is 11.1. The zero-order valence-corrected chi connectivity index (χ0v) is 21.8. The van der Waals surface area contributed by atoms with Crippen LogP contribution in [-0.4, -0.2) is 45.7 Å². The van der Waals surface area contributed by atoms with Gasteiger partial charge in [-0.3, -0.25) is 13.9 Å². The number of carbonyl (C=O) groups is 2. The number of benzene rings is 3. The van der Waals surface area contributed by atoms with Gasteiger partial charge in [0, 0.05) is 18.7 Å². The molecule has 0 aromatic heterocycles. The Hall–Kier alpha value is -3.69. The molecule has 1 atom stereocenters. The molecule has 8 nitrogen and oxygen atoms in total. The number of rotatable bonds is 9. The Bertz CT molecular complexity index is 1350. The summed E-state index contributed by atoms with van der Waals surface area (Å²) >= 11 is 0. The number of hydrogen-bond acceptors (Lipinski definition) is 5. The van der Waals surface area contributed by atoms with Gasteiger partial charge in [0.05, 0.1) is 35.8 Å². The molecule has 1 fully saturated rings. The third-order valence-corrected chi connectivity index (χ3v) is 7.34. The molecule has 0 radical (unpaired) electrons. The number of nitrogens with one attached hydrogen (secondary N) is 2. The topological polar surface area (TPSA) is 105 Å². The van der Waals surface area contributed by atoms with Crippen molar-refractivity contribution in [1.29, 1.82) is 0 Å². The molecule has 2 amide bonds. The Morgan fingerprint density at radius 3 is 2.32 bits per heavy atom. The van der Waals surface area contributed by atoms with E-state index in [-0.39, 0.29) is 18.6 Å². The van der Waals surface area contributed by atoms with Crippen LogP contribution in [0.2, 0.25) is 0 Å². The van der Waals surface area contributed by atoms with Gasteiger partial charge in [-0.25, -0.2) is 8.42 Å². The molecule has 1 saturated heterocycles. The van der Waals surface area contributed by atoms with Gasteiger partial charge in [0.15, 0.2) is 0 Å². The minimum Gasteiger partial charge on any atom is -0.376 e. The fraction of sp³-hybridized carbons (Fsp3) is 0.286. The predicted molar refractivity (Wildman–Crippen MR) is 144 cm³/mol. The summed E-state index contributed by atoms with van der Waals surface area (Å²) in [7, 11) is -3.56. The van der Waals surface area contributed by atoms with Gasteiger partial charge in [0.2, 0.25) is 10.0 Å². The van der Waals surface area contributed by atoms with Crippen LogP contribution in [0.5, 0.6) is 0 Å². The third-order valence-electron chi connectivity index (χ3n) is 6.20. The maximum absolute atomic E-state index is 13.0. The number of aryl methyl sites for hydroxylation is 1. The zero-order chi connectivity index (χ0) is 26.4. The van der Waals surface area contributed by atoms with E-state index in [0.717, 1.165) is 30.2 Å². The van der Waals surface area contributed by atoms with Crippen LogP contribution in [0.1, 0.15) is 44.7 Å². The SMILES string of the molecule is Cc1ccc(CN(c2ccc(C(=O)Nc3ccccc3C(=O)NC[C@@H]3CCCO3)cc2)S(C)(=O)=O)cc1. The molecule has 0 unspecified atom stereocenters. The average molecular weight is 522 g/mol. The van der Waals surface area contributed by atoms with E-state index in [2.05, 4.69) is 10.6 Å². The number of nitrogens with zero attached hydrogens (tertiary/aromatic N) is 1. The van der Waals surface area contributed by atoms with E-state index in [1.54, 1.807) is 48.5 Å². The maximum atomic E-state index is 13.0. The van der Waals surface area contributed by atoms with Gasteiger partial charge < -0.3 is 15.4 Å². The van der Waals surface area contributed by atoms with Crippen molar-refractivity contribution in [2.24, 2.45) is 0 Å². The van der Waals surface area contributed by atoms with E-state index in [0.29, 0.717) is 35.7 Å². The van der Waals surface area contributed by atoms with Crippen LogP contribution in [0.25, 0.3) is 0 Å². The van der Waals surface area contributed by atoms with Gasteiger partial charge >= 0.3 is 0 Å². The first-order chi connectivity index (χ1) is 17.7. The van der Waals surface area contributed by atoms with Crippen LogP contribution >= 0.6 is 0 Å². The molecule has 194 valence electrons. The van der Waals surface area contributed by atoms with Crippen molar-refractivity contribution in [2.75, 3.05) is 29.0 Å². The van der Waals surface area contributed by atoms with Crippen molar-refractivity contribution in [3.8, 4) is 0 Å². The lowest BCUT2D eigenvalue weighted by atomic mass is 10.1. The van der Waals surface area contributed by atoms with Crippen LogP contribution < -0.4 is 14.9 Å². The predicted octanol–water partition coefficient (Wildman–Crippen LogP) is 4.12. The summed E-state index contributed by atoms with van der Waals surface area (Å²) in [5, 5.41) is 5.67. The Kier molecular flexibility index (Phi) is 8.25. The number of carbonyl (C=O) groups excluding carboxylic acids is 2. The van der Waals surface area contributed by atoms with Crippen molar-refractivity contribution in [3.63, 3.8) is 0 Å². The molecule has 1 aliphatic rings. The van der Waals surface area contributed by atoms with Gasteiger partial charge in [-0.2, -0.15) is 0 Å². The van der Waals surface area contributed by atoms with Crippen molar-refractivity contribution in [3.05, 3.63) is 95.1 Å². The van der Waals surface area contributed by atoms with E-state index in [1.807, 2.05) is 31.2 Å². The molecule has 0 saturated carbocycles. The van der Waals surface area contributed by atoms with Gasteiger partial charge in [-0.1, -0.05) is 42.0 Å². The second kappa shape index (κ2) is 11.6. The molecule has 2 N–H and O–H groups in total. The smallest absolute Gasteiger partial charge is 0.255 e. The molecule has 0 spiro atoms. The number of ether oxygens (including phenoxy) is 1. The van der Waals surface area contributed by atoms with Crippen LogP contribution in [0.3, 0.4) is 0 Å². The monoisotopic (exact) mass is 521 g/mol. The number of amides is 2. The van der Waals surface area contributed by atoms with E-state index >= 15 is 0 Å². The summed E-state index contributed by atoms with van der Waals surface area (Å²) in [5.41, 5.74) is 3.47. The van der Waals surface area contributed by atoms with Crippen LogP contribution in [0.15, 0.2) is 72.8 Å². The molecule has 3 aromatic rings. The first-order valence-electron chi connectivity index (χ1n) is 12.1. The minimum atomic E-state index is -3.56. The molecule has 0 aliphatic carbocycles. The fourth-order valence-corrected chi connectivity index (χ4v) is 5.02. The van der Waals surface area contributed by atoms with Gasteiger partial charge in [-0.15, -0.1) is 0 Å². The summed E-state index contributed by atoms with van der Waals surface area (Å²) < 4.78 is 31.9. The standard InChI is InChI=1S/C28H31N3O5S/c1-20-9-11-21(12-10-20)19-31(37(2,34)35)23-15-13-22(14-16-23)27(32)30-26-8-4-3-7-25(26)28(33)29-18-24-6-5-17-36-24/h3-4,7-16,24H,5-6,17-19H2,1-2H3,(H,29,33)(H,30,32)/t24-/m0/s1. The quantitative estimate of drug-likeness (QED) is 0.441. The number of sulfonamides is 1. The van der Waals surface area contributed by atoms with Crippen molar-refractivity contribution >= 4 is 33.2 Å².